The SMILES string of the molecule is Cc1ncc(NC(=O)c2cccc(C(F)(F)F)c2)cc1-c1cnc(OCCN2CCN(C(=O)OC(C)(C)C)CC2(C)C)c(N2CCOCC2)c1. The van der Waals surface area contributed by atoms with E-state index < -0.39 is 23.2 Å². The largest absolute Gasteiger partial charge is 0.475 e. The first-order chi connectivity index (χ1) is 23.5. The van der Waals surface area contributed by atoms with Gasteiger partial charge in [0.05, 0.1) is 30.7 Å². The van der Waals surface area contributed by atoms with Crippen molar-refractivity contribution in [2.45, 2.75) is 58.9 Å². The fraction of sp³-hybridized carbons (Fsp3) is 0.500. The number of pyridine rings is 2. The normalized spacial score (nSPS) is 17.0. The van der Waals surface area contributed by atoms with Gasteiger partial charge in [-0.05, 0) is 71.9 Å². The molecule has 11 nitrogen and oxygen atoms in total. The molecule has 5 rings (SSSR count). The Morgan fingerprint density at radius 1 is 1.00 bits per heavy atom. The topological polar surface area (TPSA) is 109 Å². The Balaban J connectivity index is 1.30. The van der Waals surface area contributed by atoms with Crippen LogP contribution in [0.2, 0.25) is 0 Å². The second kappa shape index (κ2) is 14.8. The van der Waals surface area contributed by atoms with E-state index in [0.717, 1.165) is 23.4 Å². The van der Waals surface area contributed by atoms with Gasteiger partial charge in [0.1, 0.15) is 17.9 Å². The molecule has 0 unspecified atom stereocenters. The zero-order chi connectivity index (χ0) is 36.3. The monoisotopic (exact) mass is 698 g/mol. The number of hydrogen-bond donors (Lipinski definition) is 1. The maximum atomic E-state index is 13.2. The minimum atomic E-state index is -4.56. The Morgan fingerprint density at radius 2 is 1.74 bits per heavy atom. The van der Waals surface area contributed by atoms with Crippen LogP contribution in [0.25, 0.3) is 11.1 Å². The predicted molar refractivity (Wildman–Crippen MR) is 184 cm³/mol. The fourth-order valence-electron chi connectivity index (χ4n) is 6.00. The Morgan fingerprint density at radius 3 is 2.42 bits per heavy atom. The van der Waals surface area contributed by atoms with Gasteiger partial charge in [-0.1, -0.05) is 6.07 Å². The summed E-state index contributed by atoms with van der Waals surface area (Å²) in [5.74, 6) is -0.210. The first-order valence-corrected chi connectivity index (χ1v) is 16.6. The summed E-state index contributed by atoms with van der Waals surface area (Å²) in [4.78, 5) is 41.0. The van der Waals surface area contributed by atoms with Crippen molar-refractivity contribution < 1.29 is 37.0 Å². The van der Waals surface area contributed by atoms with Crippen molar-refractivity contribution >= 4 is 23.4 Å². The number of aromatic nitrogens is 2. The van der Waals surface area contributed by atoms with E-state index in [0.29, 0.717) is 81.9 Å². The molecule has 2 saturated heterocycles. The maximum Gasteiger partial charge on any atom is 0.416 e. The van der Waals surface area contributed by atoms with Gasteiger partial charge in [0.2, 0.25) is 5.88 Å². The van der Waals surface area contributed by atoms with Gasteiger partial charge < -0.3 is 29.3 Å². The molecule has 1 N–H and O–H groups in total. The van der Waals surface area contributed by atoms with Crippen LogP contribution in [0.4, 0.5) is 29.3 Å². The minimum absolute atomic E-state index is 0.118. The maximum absolute atomic E-state index is 13.2. The second-order valence-electron chi connectivity index (χ2n) is 14.1. The number of nitrogens with one attached hydrogen (secondary N) is 1. The molecule has 0 atom stereocenters. The smallest absolute Gasteiger partial charge is 0.416 e. The summed E-state index contributed by atoms with van der Waals surface area (Å²) >= 11 is 0. The third-order valence-electron chi connectivity index (χ3n) is 8.62. The highest BCUT2D eigenvalue weighted by Crippen LogP contribution is 2.35. The molecule has 2 aliphatic heterocycles. The number of aryl methyl sites for hydroxylation is 1. The van der Waals surface area contributed by atoms with E-state index in [-0.39, 0.29) is 17.2 Å². The molecule has 0 saturated carbocycles. The first kappa shape index (κ1) is 36.8. The highest BCUT2D eigenvalue weighted by atomic mass is 19.4. The van der Waals surface area contributed by atoms with E-state index in [9.17, 15) is 22.8 Å². The zero-order valence-electron chi connectivity index (χ0n) is 29.4. The number of nitrogens with zero attached hydrogens (tertiary/aromatic N) is 5. The van der Waals surface area contributed by atoms with E-state index in [2.05, 4.69) is 33.9 Å². The molecule has 0 bridgehead atoms. The Hall–Kier alpha value is -4.43. The van der Waals surface area contributed by atoms with Crippen LogP contribution in [-0.4, -0.2) is 102 Å². The molecule has 2 aromatic heterocycles. The molecule has 50 heavy (non-hydrogen) atoms. The van der Waals surface area contributed by atoms with Crippen molar-refractivity contribution in [1.82, 2.24) is 19.8 Å². The van der Waals surface area contributed by atoms with Crippen LogP contribution in [0.5, 0.6) is 5.88 Å². The number of piperazine rings is 1. The summed E-state index contributed by atoms with van der Waals surface area (Å²) in [6.45, 7) is 16.7. The Kier molecular flexibility index (Phi) is 10.9. The molecule has 2 fully saturated rings. The molecule has 14 heteroatoms. The summed E-state index contributed by atoms with van der Waals surface area (Å²) < 4.78 is 57.1. The van der Waals surface area contributed by atoms with Crippen molar-refractivity contribution in [2.75, 3.05) is 69.3 Å². The van der Waals surface area contributed by atoms with Gasteiger partial charge in [0.15, 0.2) is 0 Å². The first-order valence-electron chi connectivity index (χ1n) is 16.6. The standard InChI is InChI=1S/C36H45F3N6O5/c1-24-29(20-28(22-40-24)42-31(46)25-8-7-9-27(18-25)36(37,38)39)26-19-30(43-12-15-48-16-13-43)32(41-21-26)49-17-14-45-11-10-44(23-35(45,5)6)33(47)50-34(2,3)4/h7-9,18-22H,10-17,23H2,1-6H3,(H,42,46). The van der Waals surface area contributed by atoms with E-state index in [1.807, 2.05) is 33.8 Å². The molecule has 3 aromatic rings. The van der Waals surface area contributed by atoms with Crippen molar-refractivity contribution in [2.24, 2.45) is 0 Å². The van der Waals surface area contributed by atoms with E-state index >= 15 is 0 Å². The van der Waals surface area contributed by atoms with Crippen molar-refractivity contribution in [3.8, 4) is 17.0 Å². The molecule has 1 aromatic carbocycles. The minimum Gasteiger partial charge on any atom is -0.475 e. The second-order valence-corrected chi connectivity index (χ2v) is 14.1. The molecule has 2 aliphatic rings. The lowest BCUT2D eigenvalue weighted by Gasteiger charge is -2.47. The lowest BCUT2D eigenvalue weighted by atomic mass is 9.99. The fourth-order valence-corrected chi connectivity index (χ4v) is 6.00. The molecular formula is C36H45F3N6O5. The van der Waals surface area contributed by atoms with Gasteiger partial charge in [0.25, 0.3) is 5.91 Å². The molecule has 270 valence electrons. The summed E-state index contributed by atoms with van der Waals surface area (Å²) in [5.41, 5.74) is 1.36. The number of alkyl halides is 3. The van der Waals surface area contributed by atoms with Crippen LogP contribution in [0.3, 0.4) is 0 Å². The molecule has 2 amide bonds. The molecule has 0 spiro atoms. The number of amides is 2. The van der Waals surface area contributed by atoms with Crippen LogP contribution in [-0.2, 0) is 15.7 Å². The number of benzene rings is 1. The van der Waals surface area contributed by atoms with E-state index in [4.69, 9.17) is 19.2 Å². The lowest BCUT2D eigenvalue weighted by Crippen LogP contribution is -2.61. The number of hydrogen-bond acceptors (Lipinski definition) is 9. The van der Waals surface area contributed by atoms with Crippen LogP contribution >= 0.6 is 0 Å². The van der Waals surface area contributed by atoms with Crippen molar-refractivity contribution in [3.05, 3.63) is 65.6 Å². The molecule has 0 aliphatic carbocycles. The van der Waals surface area contributed by atoms with Gasteiger partial charge in [-0.15, -0.1) is 0 Å². The predicted octanol–water partition coefficient (Wildman–Crippen LogP) is 6.27. The average molecular weight is 699 g/mol. The molecule has 4 heterocycles. The number of halogens is 3. The Bertz CT molecular complexity index is 1690. The molecule has 0 radical (unpaired) electrons. The molecular weight excluding hydrogens is 653 g/mol. The summed E-state index contributed by atoms with van der Waals surface area (Å²) in [6, 6.07) is 7.97. The van der Waals surface area contributed by atoms with Gasteiger partial charge >= 0.3 is 12.3 Å². The van der Waals surface area contributed by atoms with Gasteiger partial charge in [-0.3, -0.25) is 14.7 Å². The number of carbonyl (C=O) groups excluding carboxylic acids is 2. The number of rotatable bonds is 8. The average Bonchev–Trinajstić information content (AvgIpc) is 3.05. The van der Waals surface area contributed by atoms with Gasteiger partial charge in [0, 0.05) is 73.4 Å². The summed E-state index contributed by atoms with van der Waals surface area (Å²) in [6.07, 6.45) is -1.72. The zero-order valence-corrected chi connectivity index (χ0v) is 29.4. The highest BCUT2D eigenvalue weighted by Gasteiger charge is 2.37. The van der Waals surface area contributed by atoms with E-state index in [1.165, 1.54) is 18.3 Å². The third kappa shape index (κ3) is 9.21. The number of carbonyl (C=O) groups is 2. The van der Waals surface area contributed by atoms with Crippen LogP contribution < -0.4 is 15.0 Å². The quantitative estimate of drug-likeness (QED) is 0.291. The van der Waals surface area contributed by atoms with Gasteiger partial charge in [-0.25, -0.2) is 9.78 Å². The van der Waals surface area contributed by atoms with E-state index in [1.54, 1.807) is 17.2 Å². The number of morpholine rings is 1. The van der Waals surface area contributed by atoms with Gasteiger partial charge in [-0.2, -0.15) is 13.2 Å². The van der Waals surface area contributed by atoms with Crippen molar-refractivity contribution in [1.29, 1.82) is 0 Å². The lowest BCUT2D eigenvalue weighted by molar-refractivity contribution is -0.137. The number of ether oxygens (including phenoxy) is 3. The third-order valence-corrected chi connectivity index (χ3v) is 8.62. The van der Waals surface area contributed by atoms with Crippen LogP contribution in [0, 0.1) is 6.92 Å². The van der Waals surface area contributed by atoms with Crippen LogP contribution in [0.15, 0.2) is 48.8 Å². The Labute approximate surface area is 290 Å². The highest BCUT2D eigenvalue weighted by molar-refractivity contribution is 6.04. The van der Waals surface area contributed by atoms with Crippen molar-refractivity contribution in [3.63, 3.8) is 0 Å². The van der Waals surface area contributed by atoms with Crippen LogP contribution in [0.1, 0.15) is 56.2 Å². The summed E-state index contributed by atoms with van der Waals surface area (Å²) in [7, 11) is 0. The summed E-state index contributed by atoms with van der Waals surface area (Å²) in [5, 5.41) is 2.67. The number of anilines is 2.